The Morgan fingerprint density at radius 2 is 1.76 bits per heavy atom. The van der Waals surface area contributed by atoms with Gasteiger partial charge in [-0.25, -0.2) is 23.7 Å². The zero-order valence-corrected chi connectivity index (χ0v) is 16.9. The van der Waals surface area contributed by atoms with E-state index in [0.29, 0.717) is 16.6 Å². The highest BCUT2D eigenvalue weighted by Crippen LogP contribution is 2.30. The highest BCUT2D eigenvalue weighted by atomic mass is 19.1. The third kappa shape index (κ3) is 3.89. The van der Waals surface area contributed by atoms with E-state index in [0.717, 1.165) is 17.7 Å². The number of hydrogen-bond acceptors (Lipinski definition) is 5. The van der Waals surface area contributed by atoms with Gasteiger partial charge in [0.25, 0.3) is 5.56 Å². The first-order valence-electron chi connectivity index (χ1n) is 9.84. The molecule has 0 aliphatic carbocycles. The Balaban J connectivity index is 1.44. The maximum atomic E-state index is 14.5. The molecule has 0 fully saturated rings. The summed E-state index contributed by atoms with van der Waals surface area (Å²) in [5, 5.41) is 8.00. The summed E-state index contributed by atoms with van der Waals surface area (Å²) in [6.07, 6.45) is -0.691. The van der Waals surface area contributed by atoms with Crippen LogP contribution in [0.4, 0.5) is 19.5 Å². The first-order chi connectivity index (χ1) is 16.0. The summed E-state index contributed by atoms with van der Waals surface area (Å²) in [5.74, 6) is -1.47. The maximum Gasteiger partial charge on any atom is 0.414 e. The zero-order valence-electron chi connectivity index (χ0n) is 16.9. The van der Waals surface area contributed by atoms with Crippen LogP contribution in [0.3, 0.4) is 0 Å². The second-order valence-corrected chi connectivity index (χ2v) is 7.18. The minimum absolute atomic E-state index is 0.0586. The fraction of sp³-hybridized carbons (Fsp3) is 0.0435. The van der Waals surface area contributed by atoms with Gasteiger partial charge in [0, 0.05) is 5.56 Å². The van der Waals surface area contributed by atoms with E-state index < -0.39 is 28.7 Å². The Labute approximate surface area is 184 Å². The largest absolute Gasteiger partial charge is 0.444 e. The monoisotopic (exact) mass is 447 g/mol. The number of carbonyl (C=O) groups excluding carboxylic acids is 1. The van der Waals surface area contributed by atoms with Crippen LogP contribution in [0.15, 0.2) is 65.5 Å². The van der Waals surface area contributed by atoms with Gasteiger partial charge in [0.1, 0.15) is 23.9 Å². The first-order valence-corrected chi connectivity index (χ1v) is 9.84. The second kappa shape index (κ2) is 8.15. The van der Waals surface area contributed by atoms with Crippen LogP contribution in [0.2, 0.25) is 0 Å². The highest BCUT2D eigenvalue weighted by molar-refractivity contribution is 5.96. The van der Waals surface area contributed by atoms with Gasteiger partial charge in [-0.05, 0) is 29.8 Å². The quantitative estimate of drug-likeness (QED) is 0.376. The number of ether oxygens (including phenoxy) is 1. The van der Waals surface area contributed by atoms with Gasteiger partial charge in [-0.3, -0.25) is 10.1 Å². The van der Waals surface area contributed by atoms with Crippen LogP contribution in [0, 0.1) is 11.6 Å². The second-order valence-electron chi connectivity index (χ2n) is 7.18. The van der Waals surface area contributed by atoms with Crippen LogP contribution < -0.4 is 10.9 Å². The smallest absolute Gasteiger partial charge is 0.414 e. The molecule has 0 spiro atoms. The molecule has 2 aromatic heterocycles. The molecule has 5 aromatic rings. The van der Waals surface area contributed by atoms with E-state index in [4.69, 9.17) is 4.74 Å². The summed E-state index contributed by atoms with van der Waals surface area (Å²) in [4.78, 5) is 31.3. The van der Waals surface area contributed by atoms with Gasteiger partial charge in [-0.1, -0.05) is 36.4 Å². The Morgan fingerprint density at radius 3 is 2.55 bits per heavy atom. The number of H-pyrrole nitrogens is 2. The molecule has 0 unspecified atom stereocenters. The summed E-state index contributed by atoms with van der Waals surface area (Å²) < 4.78 is 33.9. The molecule has 0 radical (unpaired) electrons. The molecular formula is C23H15F2N5O3. The number of aromatic nitrogens is 4. The number of hydrogen-bond donors (Lipinski definition) is 3. The fourth-order valence-electron chi connectivity index (χ4n) is 3.50. The molecule has 0 bridgehead atoms. The van der Waals surface area contributed by atoms with E-state index in [9.17, 15) is 18.4 Å². The van der Waals surface area contributed by atoms with Crippen molar-refractivity contribution in [1.29, 1.82) is 0 Å². The van der Waals surface area contributed by atoms with Gasteiger partial charge in [-0.15, -0.1) is 0 Å². The number of imidazole rings is 1. The van der Waals surface area contributed by atoms with Gasteiger partial charge in [0.2, 0.25) is 5.95 Å². The van der Waals surface area contributed by atoms with E-state index in [1.165, 1.54) is 0 Å². The number of benzene rings is 3. The lowest BCUT2D eigenvalue weighted by atomic mass is 10.0. The lowest BCUT2D eigenvalue weighted by Crippen LogP contribution is -2.14. The number of aromatic amines is 2. The lowest BCUT2D eigenvalue weighted by Gasteiger charge is -2.07. The molecule has 0 saturated heterocycles. The van der Waals surface area contributed by atoms with Gasteiger partial charge in [-0.2, -0.15) is 5.10 Å². The molecule has 3 N–H and O–H groups in total. The minimum Gasteiger partial charge on any atom is -0.444 e. The van der Waals surface area contributed by atoms with E-state index in [1.807, 2.05) is 30.3 Å². The summed E-state index contributed by atoms with van der Waals surface area (Å²) in [6.45, 7) is 0.101. The van der Waals surface area contributed by atoms with Crippen LogP contribution in [-0.4, -0.2) is 26.3 Å². The number of fused-ring (bicyclic) bond motifs is 2. The van der Waals surface area contributed by atoms with Crippen LogP contribution in [0.1, 0.15) is 5.56 Å². The molecule has 0 aliphatic heterocycles. The average Bonchev–Trinajstić information content (AvgIpc) is 3.22. The molecule has 1 amide bonds. The minimum atomic E-state index is -0.849. The molecule has 0 atom stereocenters. The van der Waals surface area contributed by atoms with E-state index in [-0.39, 0.29) is 23.6 Å². The maximum absolute atomic E-state index is 14.5. The Morgan fingerprint density at radius 1 is 1.00 bits per heavy atom. The number of anilines is 1. The van der Waals surface area contributed by atoms with Crippen LogP contribution in [0.5, 0.6) is 0 Å². The normalized spacial score (nSPS) is 11.1. The average molecular weight is 447 g/mol. The third-order valence-corrected chi connectivity index (χ3v) is 5.03. The number of nitrogens with one attached hydrogen (secondary N) is 3. The molecule has 3 aromatic carbocycles. The van der Waals surface area contributed by atoms with E-state index >= 15 is 0 Å². The molecule has 0 saturated carbocycles. The lowest BCUT2D eigenvalue weighted by molar-refractivity contribution is 0.155. The Hall–Kier alpha value is -4.60. The summed E-state index contributed by atoms with van der Waals surface area (Å²) in [6, 6.07) is 15.9. The standard InChI is InChI=1S/C23H15F2N5O3/c24-14-7-8-15(25)19-18(14)20(29-30-21(19)31)13-6-9-16-17(10-13)27-22(26-16)28-23(32)33-11-12-4-2-1-3-5-12/h1-10H,11H2,(H,30,31)(H2,26,27,28,32). The van der Waals surface area contributed by atoms with Crippen molar-refractivity contribution >= 4 is 33.8 Å². The van der Waals surface area contributed by atoms with E-state index in [2.05, 4.69) is 25.5 Å². The van der Waals surface area contributed by atoms with Crippen molar-refractivity contribution in [2.75, 3.05) is 5.32 Å². The molecule has 2 heterocycles. The SMILES string of the molecule is O=C(Nc1nc2cc(-c3n[nH]c(=O)c4c(F)ccc(F)c34)ccc2[nH]1)OCc1ccccc1. The molecule has 5 rings (SSSR count). The van der Waals surface area contributed by atoms with Crippen LogP contribution in [0.25, 0.3) is 33.1 Å². The number of nitrogens with zero attached hydrogens (tertiary/aromatic N) is 2. The number of halogens is 2. The number of rotatable bonds is 4. The molecule has 33 heavy (non-hydrogen) atoms. The van der Waals surface area contributed by atoms with Crippen LogP contribution in [-0.2, 0) is 11.3 Å². The van der Waals surface area contributed by atoms with Crippen LogP contribution >= 0.6 is 0 Å². The molecule has 8 nitrogen and oxygen atoms in total. The Bertz CT molecular complexity index is 1560. The topological polar surface area (TPSA) is 113 Å². The van der Waals surface area contributed by atoms with Gasteiger partial charge >= 0.3 is 6.09 Å². The van der Waals surface area contributed by atoms with Gasteiger partial charge in [0.05, 0.1) is 21.8 Å². The van der Waals surface area contributed by atoms with Crippen molar-refractivity contribution < 1.29 is 18.3 Å². The molecular weight excluding hydrogens is 432 g/mol. The van der Waals surface area contributed by atoms with Crippen molar-refractivity contribution in [3.63, 3.8) is 0 Å². The van der Waals surface area contributed by atoms with E-state index in [1.54, 1.807) is 18.2 Å². The first kappa shape index (κ1) is 20.3. The fourth-order valence-corrected chi connectivity index (χ4v) is 3.50. The van der Waals surface area contributed by atoms with Crippen molar-refractivity contribution in [3.8, 4) is 11.3 Å². The molecule has 10 heteroatoms. The molecule has 0 aliphatic rings. The van der Waals surface area contributed by atoms with Gasteiger partial charge in [0.15, 0.2) is 0 Å². The summed E-state index contributed by atoms with van der Waals surface area (Å²) in [7, 11) is 0. The van der Waals surface area contributed by atoms with Gasteiger partial charge < -0.3 is 9.72 Å². The third-order valence-electron chi connectivity index (χ3n) is 5.03. The summed E-state index contributed by atoms with van der Waals surface area (Å²) in [5.41, 5.74) is 1.49. The molecule has 164 valence electrons. The Kier molecular flexibility index (Phi) is 5.02. The predicted molar refractivity (Wildman–Crippen MR) is 118 cm³/mol. The highest BCUT2D eigenvalue weighted by Gasteiger charge is 2.17. The van der Waals surface area contributed by atoms with Crippen molar-refractivity contribution in [2.24, 2.45) is 0 Å². The van der Waals surface area contributed by atoms with Crippen molar-refractivity contribution in [3.05, 3.63) is 88.2 Å². The predicted octanol–water partition coefficient (Wildman–Crippen LogP) is 4.49. The van der Waals surface area contributed by atoms with Crippen molar-refractivity contribution in [2.45, 2.75) is 6.61 Å². The number of amides is 1. The number of carbonyl (C=O) groups is 1. The summed E-state index contributed by atoms with van der Waals surface area (Å²) >= 11 is 0. The zero-order chi connectivity index (χ0) is 22.9. The van der Waals surface area contributed by atoms with Crippen molar-refractivity contribution in [1.82, 2.24) is 20.2 Å².